The summed E-state index contributed by atoms with van der Waals surface area (Å²) in [5, 5.41) is 12.5. The van der Waals surface area contributed by atoms with Crippen molar-refractivity contribution in [2.24, 2.45) is 5.92 Å². The van der Waals surface area contributed by atoms with Crippen molar-refractivity contribution in [3.05, 3.63) is 54.6 Å². The minimum Gasteiger partial charge on any atom is -0.457 e. The highest BCUT2D eigenvalue weighted by atomic mass is 32.2. The lowest BCUT2D eigenvalue weighted by Gasteiger charge is -2.06. The fraction of sp³-hybridized carbons (Fsp3) is 0.222. The average molecular weight is 358 g/mol. The minimum atomic E-state index is 0.646. The van der Waals surface area contributed by atoms with Crippen molar-refractivity contribution >= 4 is 33.9 Å². The summed E-state index contributed by atoms with van der Waals surface area (Å²) in [5.74, 6) is 3.33. The number of para-hydroxylation sites is 1. The zero-order valence-electron chi connectivity index (χ0n) is 13.6. The monoisotopic (exact) mass is 357 g/mol. The number of thioether (sulfide) groups is 1. The number of hydrogen-bond donors (Lipinski definition) is 1. The minimum absolute atomic E-state index is 0.646. The molecule has 0 aliphatic heterocycles. The van der Waals surface area contributed by atoms with E-state index < -0.39 is 0 Å². The van der Waals surface area contributed by atoms with Crippen LogP contribution in [0.25, 0.3) is 0 Å². The third-order valence-corrected chi connectivity index (χ3v) is 5.43. The molecule has 0 atom stereocenters. The highest BCUT2D eigenvalue weighted by Gasteiger charge is 2.06. The standard InChI is InChI=1S/C18H19N3OS2/c1-13(2)12-23-18-21-20-17(24-18)19-14-8-10-16(11-9-14)22-15-6-4-3-5-7-15/h3-11,13H,12H2,1-2H3,(H,19,20). The van der Waals surface area contributed by atoms with E-state index in [4.69, 9.17) is 4.74 Å². The van der Waals surface area contributed by atoms with Gasteiger partial charge in [-0.25, -0.2) is 0 Å². The van der Waals surface area contributed by atoms with Gasteiger partial charge in [-0.05, 0) is 42.3 Å². The summed E-state index contributed by atoms with van der Waals surface area (Å²) in [6, 6.07) is 17.6. The molecule has 1 aromatic heterocycles. The molecular formula is C18H19N3OS2. The van der Waals surface area contributed by atoms with E-state index in [0.29, 0.717) is 5.92 Å². The van der Waals surface area contributed by atoms with Crippen molar-refractivity contribution in [2.75, 3.05) is 11.1 Å². The van der Waals surface area contributed by atoms with Crippen LogP contribution in [0, 0.1) is 5.92 Å². The zero-order valence-corrected chi connectivity index (χ0v) is 15.2. The largest absolute Gasteiger partial charge is 0.457 e. The van der Waals surface area contributed by atoms with Gasteiger partial charge >= 0.3 is 0 Å². The van der Waals surface area contributed by atoms with Crippen LogP contribution in [0.15, 0.2) is 58.9 Å². The van der Waals surface area contributed by atoms with E-state index in [2.05, 4.69) is 29.4 Å². The van der Waals surface area contributed by atoms with Gasteiger partial charge in [0, 0.05) is 11.4 Å². The van der Waals surface area contributed by atoms with Crippen LogP contribution in [0.2, 0.25) is 0 Å². The van der Waals surface area contributed by atoms with E-state index >= 15 is 0 Å². The lowest BCUT2D eigenvalue weighted by atomic mass is 10.3. The van der Waals surface area contributed by atoms with Crippen molar-refractivity contribution in [3.8, 4) is 11.5 Å². The second kappa shape index (κ2) is 8.17. The fourth-order valence-corrected chi connectivity index (χ4v) is 3.66. The molecule has 0 amide bonds. The van der Waals surface area contributed by atoms with Crippen LogP contribution >= 0.6 is 23.1 Å². The third kappa shape index (κ3) is 4.97. The Balaban J connectivity index is 1.58. The Kier molecular flexibility index (Phi) is 5.72. The zero-order chi connectivity index (χ0) is 16.8. The second-order valence-electron chi connectivity index (χ2n) is 5.64. The molecule has 1 heterocycles. The van der Waals surface area contributed by atoms with E-state index in [0.717, 1.165) is 32.4 Å². The fourth-order valence-electron chi connectivity index (χ4n) is 1.91. The van der Waals surface area contributed by atoms with Crippen LogP contribution in [0.3, 0.4) is 0 Å². The lowest BCUT2D eigenvalue weighted by Crippen LogP contribution is -1.90. The summed E-state index contributed by atoms with van der Waals surface area (Å²) in [6.07, 6.45) is 0. The molecule has 0 fully saturated rings. The molecule has 0 unspecified atom stereocenters. The van der Waals surface area contributed by atoms with Crippen LogP contribution in [0.4, 0.5) is 10.8 Å². The summed E-state index contributed by atoms with van der Waals surface area (Å²) in [5.41, 5.74) is 0.965. The van der Waals surface area contributed by atoms with Gasteiger partial charge in [0.25, 0.3) is 0 Å². The number of hydrogen-bond acceptors (Lipinski definition) is 6. The van der Waals surface area contributed by atoms with E-state index in [1.54, 1.807) is 23.1 Å². The van der Waals surface area contributed by atoms with Crippen molar-refractivity contribution < 1.29 is 4.74 Å². The molecule has 0 aliphatic rings. The summed E-state index contributed by atoms with van der Waals surface area (Å²) >= 11 is 3.32. The molecule has 1 N–H and O–H groups in total. The maximum absolute atomic E-state index is 5.79. The van der Waals surface area contributed by atoms with Crippen molar-refractivity contribution in [2.45, 2.75) is 18.2 Å². The van der Waals surface area contributed by atoms with Crippen LogP contribution in [-0.4, -0.2) is 16.0 Å². The first-order valence-corrected chi connectivity index (χ1v) is 9.55. The van der Waals surface area contributed by atoms with Gasteiger partial charge in [-0.2, -0.15) is 0 Å². The molecule has 2 aromatic carbocycles. The van der Waals surface area contributed by atoms with Gasteiger partial charge in [0.1, 0.15) is 11.5 Å². The summed E-state index contributed by atoms with van der Waals surface area (Å²) in [7, 11) is 0. The molecule has 3 rings (SSSR count). The van der Waals surface area contributed by atoms with Gasteiger partial charge in [-0.15, -0.1) is 10.2 Å². The van der Waals surface area contributed by atoms with Crippen molar-refractivity contribution in [1.29, 1.82) is 0 Å². The van der Waals surface area contributed by atoms with Crippen LogP contribution in [0.1, 0.15) is 13.8 Å². The second-order valence-corrected chi connectivity index (χ2v) is 7.89. The molecule has 6 heteroatoms. The number of ether oxygens (including phenoxy) is 1. The van der Waals surface area contributed by atoms with Crippen LogP contribution in [0.5, 0.6) is 11.5 Å². The van der Waals surface area contributed by atoms with Crippen molar-refractivity contribution in [1.82, 2.24) is 10.2 Å². The first-order chi connectivity index (χ1) is 11.7. The summed E-state index contributed by atoms with van der Waals surface area (Å²) in [6.45, 7) is 4.40. The summed E-state index contributed by atoms with van der Waals surface area (Å²) in [4.78, 5) is 0. The quantitative estimate of drug-likeness (QED) is 0.540. The molecule has 0 saturated heterocycles. The van der Waals surface area contributed by atoms with Gasteiger partial charge in [0.2, 0.25) is 5.13 Å². The number of aromatic nitrogens is 2. The molecular weight excluding hydrogens is 338 g/mol. The molecule has 0 radical (unpaired) electrons. The van der Waals surface area contributed by atoms with Crippen LogP contribution < -0.4 is 10.1 Å². The number of benzene rings is 2. The SMILES string of the molecule is CC(C)CSc1nnc(Nc2ccc(Oc3ccccc3)cc2)s1. The first kappa shape index (κ1) is 16.8. The highest BCUT2D eigenvalue weighted by Crippen LogP contribution is 2.29. The molecule has 0 bridgehead atoms. The van der Waals surface area contributed by atoms with E-state index in [1.165, 1.54) is 0 Å². The molecule has 0 spiro atoms. The summed E-state index contributed by atoms with van der Waals surface area (Å²) < 4.78 is 6.78. The number of nitrogens with one attached hydrogen (secondary N) is 1. The molecule has 4 nitrogen and oxygen atoms in total. The van der Waals surface area contributed by atoms with E-state index in [-0.39, 0.29) is 0 Å². The number of rotatable bonds is 7. The van der Waals surface area contributed by atoms with Gasteiger partial charge in [-0.1, -0.05) is 55.1 Å². The predicted octanol–water partition coefficient (Wildman–Crippen LogP) is 5.82. The van der Waals surface area contributed by atoms with Crippen LogP contribution in [-0.2, 0) is 0 Å². The van der Waals surface area contributed by atoms with Gasteiger partial charge in [0.15, 0.2) is 4.34 Å². The molecule has 0 aliphatic carbocycles. The Labute approximate surface area is 150 Å². The van der Waals surface area contributed by atoms with E-state index in [1.807, 2.05) is 54.6 Å². The Morgan fingerprint density at radius 2 is 1.71 bits per heavy atom. The molecule has 24 heavy (non-hydrogen) atoms. The van der Waals surface area contributed by atoms with Gasteiger partial charge < -0.3 is 10.1 Å². The Morgan fingerprint density at radius 1 is 1.00 bits per heavy atom. The maximum atomic E-state index is 5.79. The van der Waals surface area contributed by atoms with Gasteiger partial charge in [-0.3, -0.25) is 0 Å². The lowest BCUT2D eigenvalue weighted by molar-refractivity contribution is 0.483. The highest BCUT2D eigenvalue weighted by molar-refractivity contribution is 8.01. The Morgan fingerprint density at radius 3 is 2.42 bits per heavy atom. The Hall–Kier alpha value is -2.05. The number of nitrogens with zero attached hydrogens (tertiary/aromatic N) is 2. The molecule has 124 valence electrons. The molecule has 0 saturated carbocycles. The molecule has 3 aromatic rings. The Bertz CT molecular complexity index is 757. The topological polar surface area (TPSA) is 47.0 Å². The van der Waals surface area contributed by atoms with Gasteiger partial charge in [0.05, 0.1) is 0 Å². The average Bonchev–Trinajstić information content (AvgIpc) is 3.03. The number of anilines is 2. The first-order valence-electron chi connectivity index (χ1n) is 7.75. The van der Waals surface area contributed by atoms with Crippen molar-refractivity contribution in [3.63, 3.8) is 0 Å². The normalized spacial score (nSPS) is 10.8. The van der Waals surface area contributed by atoms with E-state index in [9.17, 15) is 0 Å². The smallest absolute Gasteiger partial charge is 0.210 e. The predicted molar refractivity (Wildman–Crippen MR) is 102 cm³/mol. The maximum Gasteiger partial charge on any atom is 0.210 e. The third-order valence-electron chi connectivity index (χ3n) is 3.03.